The fourth-order valence-electron chi connectivity index (χ4n) is 1.83. The summed E-state index contributed by atoms with van der Waals surface area (Å²) in [7, 11) is 1.55. The van der Waals surface area contributed by atoms with Gasteiger partial charge in [-0.05, 0) is 36.4 Å². The van der Waals surface area contributed by atoms with Gasteiger partial charge in [-0.3, -0.25) is 15.0 Å². The summed E-state index contributed by atoms with van der Waals surface area (Å²) in [6.07, 6.45) is 0. The fraction of sp³-hybridized carbons (Fsp3) is 0.125. The van der Waals surface area contributed by atoms with Gasteiger partial charge >= 0.3 is 0 Å². The van der Waals surface area contributed by atoms with Crippen LogP contribution in [0.1, 0.15) is 10.4 Å². The number of carbonyl (C=O) groups excluding carboxylic acids is 2. The molecule has 120 valence electrons. The monoisotopic (exact) mass is 315 g/mol. The normalized spacial score (nSPS) is 9.83. The number of benzene rings is 2. The maximum Gasteiger partial charge on any atom is 0.265 e. The summed E-state index contributed by atoms with van der Waals surface area (Å²) in [5.41, 5.74) is 3.06. The van der Waals surface area contributed by atoms with Gasteiger partial charge in [0.25, 0.3) is 11.8 Å². The van der Waals surface area contributed by atoms with Gasteiger partial charge in [0.05, 0.1) is 7.11 Å². The number of anilines is 1. The van der Waals surface area contributed by atoms with Gasteiger partial charge in [0.2, 0.25) is 0 Å². The number of nitrogens with one attached hydrogen (secondary N) is 2. The number of rotatable bonds is 6. The van der Waals surface area contributed by atoms with E-state index in [2.05, 4.69) is 5.32 Å². The van der Waals surface area contributed by atoms with Gasteiger partial charge < -0.3 is 14.8 Å². The van der Waals surface area contributed by atoms with Gasteiger partial charge in [-0.1, -0.05) is 6.07 Å². The van der Waals surface area contributed by atoms with Crippen LogP contribution < -0.4 is 26.1 Å². The van der Waals surface area contributed by atoms with Crippen molar-refractivity contribution in [1.82, 2.24) is 5.43 Å². The Labute approximate surface area is 133 Å². The Balaban J connectivity index is 1.87. The first kappa shape index (κ1) is 16.3. The maximum absolute atomic E-state index is 11.8. The molecule has 2 rings (SSSR count). The lowest BCUT2D eigenvalue weighted by Gasteiger charge is -2.09. The molecule has 7 nitrogen and oxygen atoms in total. The van der Waals surface area contributed by atoms with Crippen LogP contribution in [0.5, 0.6) is 11.5 Å². The number of hydrogen-bond acceptors (Lipinski definition) is 5. The minimum Gasteiger partial charge on any atom is -0.497 e. The van der Waals surface area contributed by atoms with Gasteiger partial charge in [-0.2, -0.15) is 0 Å². The topological polar surface area (TPSA) is 103 Å². The average Bonchev–Trinajstić information content (AvgIpc) is 2.60. The third-order valence-corrected chi connectivity index (χ3v) is 2.97. The number of ether oxygens (including phenoxy) is 2. The molecule has 0 atom stereocenters. The highest BCUT2D eigenvalue weighted by Crippen LogP contribution is 2.17. The molecule has 2 aromatic carbocycles. The Kier molecular flexibility index (Phi) is 5.54. The Morgan fingerprint density at radius 3 is 2.48 bits per heavy atom. The highest BCUT2D eigenvalue weighted by Gasteiger charge is 2.06. The van der Waals surface area contributed by atoms with E-state index in [4.69, 9.17) is 15.3 Å². The summed E-state index contributed by atoms with van der Waals surface area (Å²) in [4.78, 5) is 23.1. The first-order valence-corrected chi connectivity index (χ1v) is 6.80. The Morgan fingerprint density at radius 2 is 1.83 bits per heavy atom. The van der Waals surface area contributed by atoms with Gasteiger partial charge in [0.15, 0.2) is 6.61 Å². The zero-order chi connectivity index (χ0) is 16.7. The number of methoxy groups -OCH3 is 1. The summed E-state index contributed by atoms with van der Waals surface area (Å²) >= 11 is 0. The summed E-state index contributed by atoms with van der Waals surface area (Å²) in [6.45, 7) is -0.153. The molecule has 0 unspecified atom stereocenters. The molecule has 7 heteroatoms. The molecule has 0 fully saturated rings. The van der Waals surface area contributed by atoms with E-state index in [9.17, 15) is 9.59 Å². The summed E-state index contributed by atoms with van der Waals surface area (Å²) in [6, 6.07) is 13.3. The van der Waals surface area contributed by atoms with Crippen LogP contribution in [0.15, 0.2) is 48.5 Å². The van der Waals surface area contributed by atoms with Crippen LogP contribution in [0.2, 0.25) is 0 Å². The molecule has 0 bridgehead atoms. The predicted octanol–water partition coefficient (Wildman–Crippen LogP) is 1.32. The first-order chi connectivity index (χ1) is 11.1. The van der Waals surface area contributed by atoms with Crippen molar-refractivity contribution >= 4 is 17.5 Å². The predicted molar refractivity (Wildman–Crippen MR) is 85.2 cm³/mol. The standard InChI is InChI=1S/C16H17N3O4/c1-22-14-4-2-3-12(9-14)18-15(20)10-23-13-7-5-11(6-8-13)16(21)19-17/h2-9H,10,17H2,1H3,(H,18,20)(H,19,21). The molecule has 2 aromatic rings. The number of hydrogen-bond donors (Lipinski definition) is 3. The molecule has 0 aliphatic rings. The van der Waals surface area contributed by atoms with E-state index in [-0.39, 0.29) is 12.5 Å². The molecular weight excluding hydrogens is 298 g/mol. The summed E-state index contributed by atoms with van der Waals surface area (Å²) in [5, 5.41) is 2.70. The van der Waals surface area contributed by atoms with Crippen molar-refractivity contribution in [3.8, 4) is 11.5 Å². The van der Waals surface area contributed by atoms with Crippen LogP contribution in [-0.4, -0.2) is 25.5 Å². The van der Waals surface area contributed by atoms with Gasteiger partial charge in [0.1, 0.15) is 11.5 Å². The van der Waals surface area contributed by atoms with E-state index in [1.54, 1.807) is 55.6 Å². The molecule has 0 saturated heterocycles. The lowest BCUT2D eigenvalue weighted by molar-refractivity contribution is -0.118. The molecule has 0 aliphatic heterocycles. The molecule has 0 aliphatic carbocycles. The lowest BCUT2D eigenvalue weighted by Crippen LogP contribution is -2.29. The van der Waals surface area contributed by atoms with Crippen LogP contribution >= 0.6 is 0 Å². The smallest absolute Gasteiger partial charge is 0.265 e. The summed E-state index contributed by atoms with van der Waals surface area (Å²) in [5.74, 6) is 5.46. The van der Waals surface area contributed by atoms with Crippen molar-refractivity contribution in [2.75, 3.05) is 19.0 Å². The van der Waals surface area contributed by atoms with Crippen molar-refractivity contribution < 1.29 is 19.1 Å². The number of nitrogens with two attached hydrogens (primary N) is 1. The van der Waals surface area contributed by atoms with E-state index in [0.717, 1.165) is 0 Å². The van der Waals surface area contributed by atoms with Crippen molar-refractivity contribution in [3.63, 3.8) is 0 Å². The van der Waals surface area contributed by atoms with E-state index in [1.807, 2.05) is 5.43 Å². The molecule has 2 amide bonds. The maximum atomic E-state index is 11.8. The number of amides is 2. The van der Waals surface area contributed by atoms with Crippen LogP contribution in [0.3, 0.4) is 0 Å². The Bertz CT molecular complexity index is 686. The largest absolute Gasteiger partial charge is 0.497 e. The molecule has 4 N–H and O–H groups in total. The Morgan fingerprint density at radius 1 is 1.09 bits per heavy atom. The second kappa shape index (κ2) is 7.81. The van der Waals surface area contributed by atoms with Gasteiger partial charge in [-0.25, -0.2) is 5.84 Å². The van der Waals surface area contributed by atoms with Gasteiger partial charge in [0, 0.05) is 17.3 Å². The minimum atomic E-state index is -0.396. The zero-order valence-corrected chi connectivity index (χ0v) is 12.5. The molecule has 0 saturated carbocycles. The van der Waals surface area contributed by atoms with Crippen molar-refractivity contribution in [2.45, 2.75) is 0 Å². The third-order valence-electron chi connectivity index (χ3n) is 2.97. The fourth-order valence-corrected chi connectivity index (χ4v) is 1.83. The van der Waals surface area contributed by atoms with Crippen LogP contribution in [0, 0.1) is 0 Å². The van der Waals surface area contributed by atoms with Crippen molar-refractivity contribution in [1.29, 1.82) is 0 Å². The lowest BCUT2D eigenvalue weighted by atomic mass is 10.2. The average molecular weight is 315 g/mol. The van der Waals surface area contributed by atoms with E-state index < -0.39 is 5.91 Å². The van der Waals surface area contributed by atoms with Gasteiger partial charge in [-0.15, -0.1) is 0 Å². The van der Waals surface area contributed by atoms with Crippen LogP contribution in [-0.2, 0) is 4.79 Å². The molecule has 23 heavy (non-hydrogen) atoms. The van der Waals surface area contributed by atoms with Crippen molar-refractivity contribution in [3.05, 3.63) is 54.1 Å². The molecule has 0 heterocycles. The number of nitrogen functional groups attached to an aromatic ring is 1. The highest BCUT2D eigenvalue weighted by molar-refractivity contribution is 5.94. The molecule has 0 radical (unpaired) electrons. The van der Waals surface area contributed by atoms with Crippen LogP contribution in [0.4, 0.5) is 5.69 Å². The first-order valence-electron chi connectivity index (χ1n) is 6.80. The second-order valence-corrected chi connectivity index (χ2v) is 4.57. The number of carbonyl (C=O) groups is 2. The molecular formula is C16H17N3O4. The van der Waals surface area contributed by atoms with Crippen molar-refractivity contribution in [2.24, 2.45) is 5.84 Å². The highest BCUT2D eigenvalue weighted by atomic mass is 16.5. The van der Waals surface area contributed by atoms with E-state index in [0.29, 0.717) is 22.7 Å². The van der Waals surface area contributed by atoms with E-state index in [1.165, 1.54) is 0 Å². The van der Waals surface area contributed by atoms with Crippen LogP contribution in [0.25, 0.3) is 0 Å². The SMILES string of the molecule is COc1cccc(NC(=O)COc2ccc(C(=O)NN)cc2)c1. The zero-order valence-electron chi connectivity index (χ0n) is 12.5. The summed E-state index contributed by atoms with van der Waals surface area (Å²) < 4.78 is 10.4. The minimum absolute atomic E-state index is 0.153. The van der Waals surface area contributed by atoms with E-state index >= 15 is 0 Å². The number of hydrazine groups is 1. The molecule has 0 aromatic heterocycles. The Hall–Kier alpha value is -3.06. The quantitative estimate of drug-likeness (QED) is 0.424. The third kappa shape index (κ3) is 4.72. The molecule has 0 spiro atoms. The second-order valence-electron chi connectivity index (χ2n) is 4.57.